The molecule has 4 aromatic rings. The van der Waals surface area contributed by atoms with E-state index in [4.69, 9.17) is 9.72 Å². The summed E-state index contributed by atoms with van der Waals surface area (Å²) in [6.45, 7) is 2.66. The maximum absolute atomic E-state index is 12.9. The lowest BCUT2D eigenvalue weighted by molar-refractivity contribution is -0.0234. The molecular weight excluding hydrogens is 454 g/mol. The van der Waals surface area contributed by atoms with Crippen molar-refractivity contribution in [1.82, 2.24) is 15.2 Å². The van der Waals surface area contributed by atoms with Crippen LogP contribution < -0.4 is 5.32 Å². The second kappa shape index (κ2) is 11.1. The first-order chi connectivity index (χ1) is 17.2. The number of amides is 1. The average molecular weight is 486 g/mol. The molecule has 1 atom stereocenters. The number of fused-ring (bicyclic) bond motifs is 1. The lowest BCUT2D eigenvalue weighted by Crippen LogP contribution is -2.35. The lowest BCUT2D eigenvalue weighted by atomic mass is 10.0. The number of thiazole rings is 1. The Morgan fingerprint density at radius 2 is 1.83 bits per heavy atom. The molecule has 0 saturated carbocycles. The van der Waals surface area contributed by atoms with Crippen LogP contribution >= 0.6 is 11.3 Å². The summed E-state index contributed by atoms with van der Waals surface area (Å²) in [5.74, 6) is -0.0647. The van der Waals surface area contributed by atoms with E-state index in [9.17, 15) is 4.79 Å². The minimum atomic E-state index is -0.294. The van der Waals surface area contributed by atoms with Gasteiger partial charge in [0.1, 0.15) is 11.1 Å². The average Bonchev–Trinajstić information content (AvgIpc) is 3.33. The molecule has 1 fully saturated rings. The van der Waals surface area contributed by atoms with E-state index in [1.165, 1.54) is 5.56 Å². The van der Waals surface area contributed by atoms with Crippen LogP contribution in [0.5, 0.6) is 0 Å². The molecule has 2 heterocycles. The number of hydrogen-bond donors (Lipinski definition) is 1. The van der Waals surface area contributed by atoms with Gasteiger partial charge in [0.05, 0.1) is 16.3 Å². The third-order valence-corrected chi connectivity index (χ3v) is 7.60. The molecule has 1 amide bonds. The van der Waals surface area contributed by atoms with E-state index in [-0.39, 0.29) is 18.1 Å². The fourth-order valence-electron chi connectivity index (χ4n) is 4.51. The van der Waals surface area contributed by atoms with E-state index >= 15 is 0 Å². The highest BCUT2D eigenvalue weighted by Crippen LogP contribution is 2.35. The Kier molecular flexibility index (Phi) is 7.52. The van der Waals surface area contributed by atoms with E-state index < -0.39 is 0 Å². The SMILES string of the molecule is CN1CCC(OC(c2cccc(C(=O)NCCc3ccccc3)c2)c2nc3ccccc3s2)CC1. The summed E-state index contributed by atoms with van der Waals surface area (Å²) in [6.07, 6.45) is 2.68. The minimum Gasteiger partial charge on any atom is -0.363 e. The van der Waals surface area contributed by atoms with Crippen molar-refractivity contribution >= 4 is 27.5 Å². The number of carbonyl (C=O) groups is 1. The number of piperidine rings is 1. The van der Waals surface area contributed by atoms with E-state index in [1.807, 2.05) is 60.7 Å². The third kappa shape index (κ3) is 5.96. The summed E-state index contributed by atoms with van der Waals surface area (Å²) in [5, 5.41) is 4.00. The van der Waals surface area contributed by atoms with Crippen LogP contribution in [0.3, 0.4) is 0 Å². The van der Waals surface area contributed by atoms with Crippen LogP contribution in [-0.4, -0.2) is 48.6 Å². The van der Waals surface area contributed by atoms with Crippen molar-refractivity contribution < 1.29 is 9.53 Å². The molecule has 1 aliphatic rings. The predicted molar refractivity (Wildman–Crippen MR) is 142 cm³/mol. The van der Waals surface area contributed by atoms with Crippen LogP contribution in [-0.2, 0) is 11.2 Å². The third-order valence-electron chi connectivity index (χ3n) is 6.52. The molecule has 1 aliphatic heterocycles. The number of benzene rings is 3. The Morgan fingerprint density at radius 1 is 1.06 bits per heavy atom. The molecule has 0 radical (unpaired) electrons. The van der Waals surface area contributed by atoms with Gasteiger partial charge in [-0.15, -0.1) is 11.3 Å². The fraction of sp³-hybridized carbons (Fsp3) is 0.310. The normalized spacial score (nSPS) is 15.8. The van der Waals surface area contributed by atoms with Crippen molar-refractivity contribution in [1.29, 1.82) is 0 Å². The van der Waals surface area contributed by atoms with Gasteiger partial charge >= 0.3 is 0 Å². The van der Waals surface area contributed by atoms with Crippen molar-refractivity contribution in [2.45, 2.75) is 31.5 Å². The van der Waals surface area contributed by atoms with Gasteiger partial charge in [0.2, 0.25) is 0 Å². The van der Waals surface area contributed by atoms with Crippen LogP contribution in [0.1, 0.15) is 45.4 Å². The number of likely N-dealkylation sites (tertiary alicyclic amines) is 1. The van der Waals surface area contributed by atoms with Crippen molar-refractivity contribution in [3.63, 3.8) is 0 Å². The van der Waals surface area contributed by atoms with Gasteiger partial charge in [0.25, 0.3) is 5.91 Å². The van der Waals surface area contributed by atoms with Gasteiger partial charge in [-0.25, -0.2) is 4.98 Å². The fourth-order valence-corrected chi connectivity index (χ4v) is 5.54. The molecular formula is C29H31N3O2S. The van der Waals surface area contributed by atoms with Crippen LogP contribution in [0.15, 0.2) is 78.9 Å². The van der Waals surface area contributed by atoms with Gasteiger partial charge in [-0.2, -0.15) is 0 Å². The van der Waals surface area contributed by atoms with E-state index in [1.54, 1.807) is 11.3 Å². The van der Waals surface area contributed by atoms with Gasteiger partial charge in [-0.3, -0.25) is 4.79 Å². The molecule has 0 bridgehead atoms. The Labute approximate surface area is 210 Å². The standard InChI is InChI=1S/C29H31N3O2S/c1-32-18-15-24(16-19-32)34-27(29-31-25-12-5-6-13-26(25)35-29)22-10-7-11-23(20-22)28(33)30-17-14-21-8-3-2-4-9-21/h2-13,20,24,27H,14-19H2,1H3,(H,30,33). The summed E-state index contributed by atoms with van der Waals surface area (Å²) < 4.78 is 7.85. The molecule has 0 aliphatic carbocycles. The highest BCUT2D eigenvalue weighted by molar-refractivity contribution is 7.18. The number of nitrogens with one attached hydrogen (secondary N) is 1. The van der Waals surface area contributed by atoms with E-state index in [2.05, 4.69) is 35.5 Å². The molecule has 1 N–H and O–H groups in total. The Hall–Kier alpha value is -3.06. The van der Waals surface area contributed by atoms with Crippen molar-refractivity contribution in [3.05, 3.63) is 101 Å². The second-order valence-corrected chi connectivity index (χ2v) is 10.2. The first kappa shape index (κ1) is 23.7. The highest BCUT2D eigenvalue weighted by atomic mass is 32.1. The smallest absolute Gasteiger partial charge is 0.251 e. The van der Waals surface area contributed by atoms with Gasteiger partial charge in [0.15, 0.2) is 0 Å². The number of para-hydroxylation sites is 1. The molecule has 1 unspecified atom stereocenters. The summed E-state index contributed by atoms with van der Waals surface area (Å²) >= 11 is 1.67. The topological polar surface area (TPSA) is 54.5 Å². The largest absolute Gasteiger partial charge is 0.363 e. The maximum atomic E-state index is 12.9. The first-order valence-corrected chi connectivity index (χ1v) is 13.1. The first-order valence-electron chi connectivity index (χ1n) is 12.3. The molecule has 5 nitrogen and oxygen atoms in total. The molecule has 0 spiro atoms. The van der Waals surface area contributed by atoms with E-state index in [0.717, 1.165) is 53.1 Å². The Bertz CT molecular complexity index is 1230. The predicted octanol–water partition coefficient (Wildman–Crippen LogP) is 5.47. The van der Waals surface area contributed by atoms with Gasteiger partial charge in [-0.1, -0.05) is 54.6 Å². The van der Waals surface area contributed by atoms with Crippen molar-refractivity contribution in [2.75, 3.05) is 26.7 Å². The van der Waals surface area contributed by atoms with E-state index in [0.29, 0.717) is 12.1 Å². The summed E-state index contributed by atoms with van der Waals surface area (Å²) in [4.78, 5) is 20.2. The van der Waals surface area contributed by atoms with Crippen LogP contribution in [0.25, 0.3) is 10.2 Å². The summed E-state index contributed by atoms with van der Waals surface area (Å²) in [6, 6.07) is 26.2. The minimum absolute atomic E-state index is 0.0647. The van der Waals surface area contributed by atoms with Crippen LogP contribution in [0.4, 0.5) is 0 Å². The maximum Gasteiger partial charge on any atom is 0.251 e. The molecule has 1 saturated heterocycles. The number of hydrogen-bond acceptors (Lipinski definition) is 5. The number of ether oxygens (including phenoxy) is 1. The highest BCUT2D eigenvalue weighted by Gasteiger charge is 2.26. The zero-order valence-corrected chi connectivity index (χ0v) is 20.8. The summed E-state index contributed by atoms with van der Waals surface area (Å²) in [5.41, 5.74) is 3.82. The number of aromatic nitrogens is 1. The number of carbonyl (C=O) groups excluding carboxylic acids is 1. The monoisotopic (exact) mass is 485 g/mol. The van der Waals surface area contributed by atoms with Crippen LogP contribution in [0.2, 0.25) is 0 Å². The van der Waals surface area contributed by atoms with Gasteiger partial charge in [-0.05, 0) is 61.7 Å². The Balaban J connectivity index is 1.35. The number of nitrogens with zero attached hydrogens (tertiary/aromatic N) is 2. The quantitative estimate of drug-likeness (QED) is 0.360. The lowest BCUT2D eigenvalue weighted by Gasteiger charge is -2.31. The van der Waals surface area contributed by atoms with Gasteiger partial charge in [0, 0.05) is 25.2 Å². The van der Waals surface area contributed by atoms with Crippen molar-refractivity contribution in [2.24, 2.45) is 0 Å². The van der Waals surface area contributed by atoms with Crippen molar-refractivity contribution in [3.8, 4) is 0 Å². The zero-order valence-electron chi connectivity index (χ0n) is 20.0. The zero-order chi connectivity index (χ0) is 24.0. The molecule has 35 heavy (non-hydrogen) atoms. The molecule has 180 valence electrons. The number of rotatable bonds is 8. The summed E-state index contributed by atoms with van der Waals surface area (Å²) in [7, 11) is 2.15. The molecule has 1 aromatic heterocycles. The molecule has 6 heteroatoms. The Morgan fingerprint density at radius 3 is 2.63 bits per heavy atom. The molecule has 5 rings (SSSR count). The van der Waals surface area contributed by atoms with Crippen LogP contribution in [0, 0.1) is 0 Å². The second-order valence-electron chi connectivity index (χ2n) is 9.16. The molecule has 3 aromatic carbocycles. The van der Waals surface area contributed by atoms with Gasteiger partial charge < -0.3 is 15.0 Å².